The summed E-state index contributed by atoms with van der Waals surface area (Å²) in [6, 6.07) is 0.686. The molecule has 1 aliphatic rings. The van der Waals surface area contributed by atoms with Crippen molar-refractivity contribution >= 4 is 0 Å². The molecule has 1 aromatic rings. The lowest BCUT2D eigenvalue weighted by atomic mass is 9.91. The molecule has 0 spiro atoms. The first kappa shape index (κ1) is 11.6. The van der Waals surface area contributed by atoms with E-state index in [9.17, 15) is 0 Å². The van der Waals surface area contributed by atoms with Crippen LogP contribution < -0.4 is 0 Å². The Morgan fingerprint density at radius 3 is 2.38 bits per heavy atom. The molecule has 3 nitrogen and oxygen atoms in total. The first-order chi connectivity index (χ1) is 7.58. The fourth-order valence-electron chi connectivity index (χ4n) is 2.72. The zero-order valence-electron chi connectivity index (χ0n) is 10.9. The van der Waals surface area contributed by atoms with Gasteiger partial charge in [0.2, 0.25) is 0 Å². The smallest absolute Gasteiger partial charge is 0.0685 e. The highest BCUT2D eigenvalue weighted by atomic mass is 15.3. The molecule has 0 N–H and O–H groups in total. The summed E-state index contributed by atoms with van der Waals surface area (Å²) < 4.78 is 1.94. The van der Waals surface area contributed by atoms with Crippen LogP contribution in [-0.2, 0) is 7.05 Å². The molecule has 0 amide bonds. The zero-order chi connectivity index (χ0) is 11.7. The van der Waals surface area contributed by atoms with Crippen LogP contribution in [0.25, 0.3) is 0 Å². The van der Waals surface area contributed by atoms with Crippen molar-refractivity contribution in [3.05, 3.63) is 17.5 Å². The van der Waals surface area contributed by atoms with Crippen molar-refractivity contribution < 1.29 is 0 Å². The van der Waals surface area contributed by atoms with Crippen molar-refractivity contribution in [3.8, 4) is 0 Å². The second kappa shape index (κ2) is 4.58. The van der Waals surface area contributed by atoms with Gasteiger partial charge >= 0.3 is 0 Å². The first-order valence-corrected chi connectivity index (χ1v) is 6.32. The van der Waals surface area contributed by atoms with Crippen LogP contribution in [0.2, 0.25) is 0 Å². The Morgan fingerprint density at radius 1 is 1.31 bits per heavy atom. The highest BCUT2D eigenvalue weighted by molar-refractivity contribution is 5.19. The highest BCUT2D eigenvalue weighted by Gasteiger charge is 2.24. The Kier molecular flexibility index (Phi) is 3.33. The Balaban J connectivity index is 2.01. The van der Waals surface area contributed by atoms with Gasteiger partial charge in [0.05, 0.1) is 5.69 Å². The number of aromatic nitrogens is 2. The number of likely N-dealkylation sites (tertiary alicyclic amines) is 1. The van der Waals surface area contributed by atoms with Crippen molar-refractivity contribution in [2.24, 2.45) is 7.05 Å². The quantitative estimate of drug-likeness (QED) is 0.764. The minimum atomic E-state index is 0.677. The predicted molar refractivity (Wildman–Crippen MR) is 66.6 cm³/mol. The van der Waals surface area contributed by atoms with E-state index in [1.54, 1.807) is 0 Å². The van der Waals surface area contributed by atoms with E-state index in [0.717, 1.165) is 0 Å². The van der Waals surface area contributed by atoms with Crippen LogP contribution in [0, 0.1) is 6.92 Å². The van der Waals surface area contributed by atoms with E-state index in [1.807, 2.05) is 11.7 Å². The van der Waals surface area contributed by atoms with E-state index in [1.165, 1.54) is 37.2 Å². The van der Waals surface area contributed by atoms with Crippen LogP contribution in [0.15, 0.2) is 6.20 Å². The molecule has 90 valence electrons. The van der Waals surface area contributed by atoms with Gasteiger partial charge in [0.15, 0.2) is 0 Å². The molecule has 3 heteroatoms. The lowest BCUT2D eigenvalue weighted by Crippen LogP contribution is -2.38. The largest absolute Gasteiger partial charge is 0.301 e. The topological polar surface area (TPSA) is 21.1 Å². The third-order valence-corrected chi connectivity index (χ3v) is 3.70. The lowest BCUT2D eigenvalue weighted by Gasteiger charge is -2.34. The molecular weight excluding hydrogens is 198 g/mol. The van der Waals surface area contributed by atoms with Crippen molar-refractivity contribution in [2.75, 3.05) is 13.1 Å². The maximum absolute atomic E-state index is 4.60. The third-order valence-electron chi connectivity index (χ3n) is 3.70. The number of piperidine rings is 1. The molecule has 0 aliphatic carbocycles. The molecular formula is C13H23N3. The Bertz CT molecular complexity index is 346. The molecule has 0 bridgehead atoms. The highest BCUT2D eigenvalue weighted by Crippen LogP contribution is 2.29. The number of rotatable bonds is 2. The summed E-state index contributed by atoms with van der Waals surface area (Å²) in [5.74, 6) is 0.677. The van der Waals surface area contributed by atoms with Gasteiger partial charge < -0.3 is 4.90 Å². The molecule has 1 fully saturated rings. The number of nitrogens with zero attached hydrogens (tertiary/aromatic N) is 3. The minimum absolute atomic E-state index is 0.677. The van der Waals surface area contributed by atoms with Crippen molar-refractivity contribution in [1.82, 2.24) is 14.7 Å². The molecule has 0 unspecified atom stereocenters. The average molecular weight is 221 g/mol. The van der Waals surface area contributed by atoms with E-state index in [2.05, 4.69) is 37.0 Å². The summed E-state index contributed by atoms with van der Waals surface area (Å²) in [7, 11) is 2.01. The van der Waals surface area contributed by atoms with Crippen LogP contribution in [-0.4, -0.2) is 33.8 Å². The van der Waals surface area contributed by atoms with Crippen molar-refractivity contribution in [3.63, 3.8) is 0 Å². The molecule has 0 radical (unpaired) electrons. The third kappa shape index (κ3) is 2.29. The van der Waals surface area contributed by atoms with E-state index < -0.39 is 0 Å². The molecule has 0 saturated carbocycles. The maximum Gasteiger partial charge on any atom is 0.0685 e. The second-order valence-corrected chi connectivity index (χ2v) is 5.28. The summed E-state index contributed by atoms with van der Waals surface area (Å²) in [4.78, 5) is 2.56. The average Bonchev–Trinajstić information content (AvgIpc) is 2.58. The van der Waals surface area contributed by atoms with Crippen LogP contribution in [0.3, 0.4) is 0 Å². The molecule has 0 aromatic carbocycles. The number of aryl methyl sites for hydroxylation is 2. The van der Waals surface area contributed by atoms with E-state index >= 15 is 0 Å². The van der Waals surface area contributed by atoms with E-state index in [-0.39, 0.29) is 0 Å². The van der Waals surface area contributed by atoms with Gasteiger partial charge in [-0.05, 0) is 52.3 Å². The Hall–Kier alpha value is -0.830. The van der Waals surface area contributed by atoms with Gasteiger partial charge in [-0.2, -0.15) is 5.10 Å². The number of hydrogen-bond acceptors (Lipinski definition) is 2. The summed E-state index contributed by atoms with van der Waals surface area (Å²) in [6.45, 7) is 9.19. The van der Waals surface area contributed by atoms with Gasteiger partial charge in [0, 0.05) is 25.2 Å². The van der Waals surface area contributed by atoms with Gasteiger partial charge in [0.25, 0.3) is 0 Å². The van der Waals surface area contributed by atoms with E-state index in [0.29, 0.717) is 12.0 Å². The Labute approximate surface area is 98.4 Å². The van der Waals surface area contributed by atoms with Gasteiger partial charge in [-0.15, -0.1) is 0 Å². The molecule has 1 aromatic heterocycles. The molecule has 1 aliphatic heterocycles. The summed E-state index contributed by atoms with van der Waals surface area (Å²) in [5, 5.41) is 4.60. The molecule has 16 heavy (non-hydrogen) atoms. The molecule has 1 saturated heterocycles. The second-order valence-electron chi connectivity index (χ2n) is 5.28. The molecule has 0 atom stereocenters. The normalized spacial score (nSPS) is 19.6. The van der Waals surface area contributed by atoms with Crippen molar-refractivity contribution in [2.45, 2.75) is 45.6 Å². The minimum Gasteiger partial charge on any atom is -0.301 e. The molecule has 2 heterocycles. The SMILES string of the molecule is Cc1cn(C)nc1C1CCN(C(C)C)CC1. The number of hydrogen-bond donors (Lipinski definition) is 0. The van der Waals surface area contributed by atoms with Crippen LogP contribution in [0.5, 0.6) is 0 Å². The van der Waals surface area contributed by atoms with Gasteiger partial charge in [0.1, 0.15) is 0 Å². The van der Waals surface area contributed by atoms with Gasteiger partial charge in [-0.1, -0.05) is 0 Å². The fraction of sp³-hybridized carbons (Fsp3) is 0.769. The predicted octanol–water partition coefficient (Wildman–Crippen LogP) is 2.32. The van der Waals surface area contributed by atoms with Crippen molar-refractivity contribution in [1.29, 1.82) is 0 Å². The fourth-order valence-corrected chi connectivity index (χ4v) is 2.72. The van der Waals surface area contributed by atoms with E-state index in [4.69, 9.17) is 0 Å². The van der Waals surface area contributed by atoms with Crippen LogP contribution in [0.1, 0.15) is 43.9 Å². The van der Waals surface area contributed by atoms with Gasteiger partial charge in [-0.3, -0.25) is 4.68 Å². The van der Waals surface area contributed by atoms with Crippen LogP contribution >= 0.6 is 0 Å². The Morgan fingerprint density at radius 2 is 1.94 bits per heavy atom. The summed E-state index contributed by atoms with van der Waals surface area (Å²) in [6.07, 6.45) is 4.65. The maximum atomic E-state index is 4.60. The van der Waals surface area contributed by atoms with Crippen LogP contribution in [0.4, 0.5) is 0 Å². The standard InChI is InChI=1S/C13H23N3/c1-10(2)16-7-5-12(6-8-16)13-11(3)9-15(4)14-13/h9-10,12H,5-8H2,1-4H3. The lowest BCUT2D eigenvalue weighted by molar-refractivity contribution is 0.170. The summed E-state index contributed by atoms with van der Waals surface area (Å²) in [5.41, 5.74) is 2.68. The summed E-state index contributed by atoms with van der Waals surface area (Å²) >= 11 is 0. The molecule has 2 rings (SSSR count). The monoisotopic (exact) mass is 221 g/mol. The zero-order valence-corrected chi connectivity index (χ0v) is 10.9. The first-order valence-electron chi connectivity index (χ1n) is 6.32. The van der Waals surface area contributed by atoms with Gasteiger partial charge in [-0.25, -0.2) is 0 Å².